The van der Waals surface area contributed by atoms with Gasteiger partial charge >= 0.3 is 0 Å². The first-order valence-electron chi connectivity index (χ1n) is 5.06. The van der Waals surface area contributed by atoms with Gasteiger partial charge in [-0.25, -0.2) is 4.98 Å². The van der Waals surface area contributed by atoms with Crippen molar-refractivity contribution in [3.05, 3.63) is 44.9 Å². The van der Waals surface area contributed by atoms with Crippen LogP contribution in [-0.2, 0) is 0 Å². The molecule has 2 heterocycles. The minimum absolute atomic E-state index is 0.119. The lowest BCUT2D eigenvalue weighted by molar-refractivity contribution is 0.103. The van der Waals surface area contributed by atoms with Gasteiger partial charge in [0.15, 0.2) is 0 Å². The first kappa shape index (κ1) is 12.1. The van der Waals surface area contributed by atoms with Crippen molar-refractivity contribution < 1.29 is 4.79 Å². The third-order valence-corrected chi connectivity index (χ3v) is 3.63. The molecule has 88 valence electrons. The fraction of sp³-hybridized carbons (Fsp3) is 0.167. The lowest BCUT2D eigenvalue weighted by Crippen LogP contribution is -2.10. The van der Waals surface area contributed by atoms with Gasteiger partial charge in [-0.05, 0) is 37.6 Å². The molecule has 0 unspecified atom stereocenters. The molecule has 2 aromatic heterocycles. The molecule has 2 aromatic rings. The Morgan fingerprint density at radius 2 is 2.18 bits per heavy atom. The summed E-state index contributed by atoms with van der Waals surface area (Å²) in [5.74, 6) is -0.119. The highest BCUT2D eigenvalue weighted by molar-refractivity contribution is 7.14. The van der Waals surface area contributed by atoms with Crippen molar-refractivity contribution in [3.63, 3.8) is 0 Å². The maximum Gasteiger partial charge on any atom is 0.265 e. The molecule has 0 bridgehead atoms. The lowest BCUT2D eigenvalue weighted by Gasteiger charge is -2.04. The van der Waals surface area contributed by atoms with Crippen LogP contribution in [-0.4, -0.2) is 10.9 Å². The third-order valence-electron chi connectivity index (χ3n) is 2.24. The smallest absolute Gasteiger partial charge is 0.265 e. The molecular weight excluding hydrogens is 256 g/mol. The predicted octanol–water partition coefficient (Wildman–Crippen LogP) is 3.67. The number of carbonyl (C=O) groups is 1. The molecular formula is C12H11ClN2OS. The highest BCUT2D eigenvalue weighted by Crippen LogP contribution is 2.19. The van der Waals surface area contributed by atoms with E-state index in [2.05, 4.69) is 10.3 Å². The molecule has 1 amide bonds. The number of nitrogens with zero attached hydrogens (tertiary/aromatic N) is 1. The van der Waals surface area contributed by atoms with E-state index >= 15 is 0 Å². The van der Waals surface area contributed by atoms with Crippen molar-refractivity contribution in [2.24, 2.45) is 0 Å². The fourth-order valence-corrected chi connectivity index (χ4v) is 2.24. The minimum atomic E-state index is -0.119. The average molecular weight is 267 g/mol. The van der Waals surface area contributed by atoms with Crippen molar-refractivity contribution in [2.75, 3.05) is 5.32 Å². The number of hydrogen-bond acceptors (Lipinski definition) is 3. The van der Waals surface area contributed by atoms with Gasteiger partial charge in [0.1, 0.15) is 5.15 Å². The number of rotatable bonds is 2. The van der Waals surface area contributed by atoms with E-state index in [0.29, 0.717) is 15.7 Å². The zero-order chi connectivity index (χ0) is 12.4. The van der Waals surface area contributed by atoms with E-state index in [1.54, 1.807) is 12.3 Å². The number of aryl methyl sites for hydroxylation is 2. The van der Waals surface area contributed by atoms with Gasteiger partial charge in [0.05, 0.1) is 16.8 Å². The monoisotopic (exact) mass is 266 g/mol. The number of nitrogens with one attached hydrogen (secondary N) is 1. The van der Waals surface area contributed by atoms with Gasteiger partial charge in [-0.3, -0.25) is 4.79 Å². The zero-order valence-electron chi connectivity index (χ0n) is 9.45. The number of aromatic nitrogens is 1. The summed E-state index contributed by atoms with van der Waals surface area (Å²) >= 11 is 7.28. The predicted molar refractivity (Wildman–Crippen MR) is 71.0 cm³/mol. The third kappa shape index (κ3) is 2.84. The number of hydrogen-bond donors (Lipinski definition) is 1. The summed E-state index contributed by atoms with van der Waals surface area (Å²) in [4.78, 5) is 17.6. The molecule has 1 N–H and O–H groups in total. The number of pyridine rings is 1. The van der Waals surface area contributed by atoms with Gasteiger partial charge in [-0.2, -0.15) is 0 Å². The Labute approximate surface area is 108 Å². The number of thiophene rings is 1. The van der Waals surface area contributed by atoms with Gasteiger partial charge in [0.2, 0.25) is 0 Å². The molecule has 0 aromatic carbocycles. The van der Waals surface area contributed by atoms with Crippen molar-refractivity contribution in [2.45, 2.75) is 13.8 Å². The van der Waals surface area contributed by atoms with Gasteiger partial charge < -0.3 is 5.32 Å². The molecule has 5 heteroatoms. The average Bonchev–Trinajstić information content (AvgIpc) is 2.70. The SMILES string of the molecule is Cc1ccc(C(=O)Nc2cnc(Cl)c(C)c2)s1. The first-order chi connectivity index (χ1) is 8.06. The molecule has 0 fully saturated rings. The summed E-state index contributed by atoms with van der Waals surface area (Å²) in [7, 11) is 0. The van der Waals surface area contributed by atoms with Gasteiger partial charge in [0, 0.05) is 4.88 Å². The Hall–Kier alpha value is -1.39. The van der Waals surface area contributed by atoms with Crippen LogP contribution in [0.5, 0.6) is 0 Å². The molecule has 0 aliphatic heterocycles. The molecule has 0 spiro atoms. The Morgan fingerprint density at radius 3 is 2.76 bits per heavy atom. The van der Waals surface area contributed by atoms with E-state index in [1.807, 2.05) is 26.0 Å². The Morgan fingerprint density at radius 1 is 1.41 bits per heavy atom. The van der Waals surface area contributed by atoms with E-state index in [1.165, 1.54) is 11.3 Å². The van der Waals surface area contributed by atoms with Crippen molar-refractivity contribution in [1.29, 1.82) is 0 Å². The second-order valence-corrected chi connectivity index (χ2v) is 5.34. The summed E-state index contributed by atoms with van der Waals surface area (Å²) in [5, 5.41) is 3.24. The molecule has 0 saturated carbocycles. The quantitative estimate of drug-likeness (QED) is 0.843. The summed E-state index contributed by atoms with van der Waals surface area (Å²) in [5.41, 5.74) is 1.50. The Balaban J connectivity index is 2.15. The van der Waals surface area contributed by atoms with E-state index < -0.39 is 0 Å². The van der Waals surface area contributed by atoms with Crippen LogP contribution < -0.4 is 5.32 Å². The Bertz CT molecular complexity index is 565. The second-order valence-electron chi connectivity index (χ2n) is 3.70. The van der Waals surface area contributed by atoms with Crippen LogP contribution in [0.2, 0.25) is 5.15 Å². The number of carbonyl (C=O) groups excluding carboxylic acids is 1. The summed E-state index contributed by atoms with van der Waals surface area (Å²) < 4.78 is 0. The number of halogens is 1. The van der Waals surface area contributed by atoms with E-state index in [4.69, 9.17) is 11.6 Å². The van der Waals surface area contributed by atoms with E-state index in [9.17, 15) is 4.79 Å². The Kier molecular flexibility index (Phi) is 3.45. The van der Waals surface area contributed by atoms with Crippen LogP contribution in [0.1, 0.15) is 20.1 Å². The van der Waals surface area contributed by atoms with Gasteiger partial charge in [0.25, 0.3) is 5.91 Å². The van der Waals surface area contributed by atoms with Crippen molar-refractivity contribution >= 4 is 34.5 Å². The van der Waals surface area contributed by atoms with Crippen LogP contribution in [0.4, 0.5) is 5.69 Å². The summed E-state index contributed by atoms with van der Waals surface area (Å²) in [6.07, 6.45) is 1.55. The number of amides is 1. The molecule has 17 heavy (non-hydrogen) atoms. The standard InChI is InChI=1S/C12H11ClN2OS/c1-7-5-9(6-14-11(7)13)15-12(16)10-4-3-8(2)17-10/h3-6H,1-2H3,(H,15,16). The van der Waals surface area contributed by atoms with Crippen LogP contribution in [0, 0.1) is 13.8 Å². The second kappa shape index (κ2) is 4.85. The molecule has 0 aliphatic rings. The topological polar surface area (TPSA) is 42.0 Å². The van der Waals surface area contributed by atoms with Crippen LogP contribution >= 0.6 is 22.9 Å². The van der Waals surface area contributed by atoms with E-state index in [-0.39, 0.29) is 5.91 Å². The molecule has 0 saturated heterocycles. The maximum absolute atomic E-state index is 11.9. The number of anilines is 1. The fourth-order valence-electron chi connectivity index (χ4n) is 1.38. The van der Waals surface area contributed by atoms with Crippen LogP contribution in [0.15, 0.2) is 24.4 Å². The van der Waals surface area contributed by atoms with Gasteiger partial charge in [-0.1, -0.05) is 11.6 Å². The van der Waals surface area contributed by atoms with Crippen LogP contribution in [0.3, 0.4) is 0 Å². The van der Waals surface area contributed by atoms with Crippen molar-refractivity contribution in [3.8, 4) is 0 Å². The zero-order valence-corrected chi connectivity index (χ0v) is 11.0. The first-order valence-corrected chi connectivity index (χ1v) is 6.25. The van der Waals surface area contributed by atoms with E-state index in [0.717, 1.165) is 10.4 Å². The summed E-state index contributed by atoms with van der Waals surface area (Å²) in [6, 6.07) is 5.53. The normalized spacial score (nSPS) is 10.3. The molecule has 0 radical (unpaired) electrons. The maximum atomic E-state index is 11.9. The lowest BCUT2D eigenvalue weighted by atomic mass is 10.3. The summed E-state index contributed by atoms with van der Waals surface area (Å²) in [6.45, 7) is 3.82. The highest BCUT2D eigenvalue weighted by atomic mass is 35.5. The van der Waals surface area contributed by atoms with Crippen molar-refractivity contribution in [1.82, 2.24) is 4.98 Å². The highest BCUT2D eigenvalue weighted by Gasteiger charge is 2.09. The molecule has 2 rings (SSSR count). The molecule has 0 aliphatic carbocycles. The largest absolute Gasteiger partial charge is 0.320 e. The molecule has 0 atom stereocenters. The molecule has 3 nitrogen and oxygen atoms in total. The van der Waals surface area contributed by atoms with Gasteiger partial charge in [-0.15, -0.1) is 11.3 Å². The van der Waals surface area contributed by atoms with Crippen LogP contribution in [0.25, 0.3) is 0 Å². The minimum Gasteiger partial charge on any atom is -0.320 e.